The van der Waals surface area contributed by atoms with Gasteiger partial charge >= 0.3 is 6.09 Å². The van der Waals surface area contributed by atoms with E-state index in [9.17, 15) is 4.79 Å². The minimum atomic E-state index is -0.255. The molecule has 0 atom stereocenters. The molecule has 7 nitrogen and oxygen atoms in total. The lowest BCUT2D eigenvalue weighted by molar-refractivity contribution is 0.0963. The standard InChI is InChI=1S/C15H23Cl2N5O2/c1-3-24-15(23)22-6-4-10(5-7-22)20-14(18)19-9-11-8-12(16)13(17)21(11)2/h8,10H,3-7,9H2,1-2H3,(H3,18,19,20). The van der Waals surface area contributed by atoms with Gasteiger partial charge in [-0.3, -0.25) is 0 Å². The first-order valence-electron chi connectivity index (χ1n) is 7.90. The molecule has 0 spiro atoms. The number of amides is 1. The Kier molecular flexibility index (Phi) is 6.62. The number of nitrogens with one attached hydrogen (secondary N) is 1. The van der Waals surface area contributed by atoms with E-state index in [2.05, 4.69) is 10.3 Å². The average molecular weight is 376 g/mol. The van der Waals surface area contributed by atoms with Gasteiger partial charge < -0.3 is 25.3 Å². The first-order chi connectivity index (χ1) is 11.4. The fourth-order valence-corrected chi connectivity index (χ4v) is 3.00. The zero-order valence-corrected chi connectivity index (χ0v) is 15.4. The molecule has 0 bridgehead atoms. The number of guanidine groups is 1. The normalized spacial score (nSPS) is 16.3. The molecular weight excluding hydrogens is 353 g/mol. The van der Waals surface area contributed by atoms with Crippen LogP contribution in [0.3, 0.4) is 0 Å². The Labute approximate surface area is 151 Å². The number of ether oxygens (including phenoxy) is 1. The summed E-state index contributed by atoms with van der Waals surface area (Å²) in [6, 6.07) is 1.97. The fourth-order valence-electron chi connectivity index (χ4n) is 2.58. The van der Waals surface area contributed by atoms with Gasteiger partial charge in [0.1, 0.15) is 5.15 Å². The Morgan fingerprint density at radius 3 is 2.67 bits per heavy atom. The zero-order valence-electron chi connectivity index (χ0n) is 13.9. The number of piperidine rings is 1. The molecule has 0 unspecified atom stereocenters. The van der Waals surface area contributed by atoms with Gasteiger partial charge in [-0.05, 0) is 25.8 Å². The summed E-state index contributed by atoms with van der Waals surface area (Å²) in [5, 5.41) is 4.18. The number of aliphatic imine (C=N–C) groups is 1. The summed E-state index contributed by atoms with van der Waals surface area (Å²) in [5.41, 5.74) is 6.83. The van der Waals surface area contributed by atoms with Crippen molar-refractivity contribution in [3.63, 3.8) is 0 Å². The highest BCUT2D eigenvalue weighted by Gasteiger charge is 2.23. The number of nitrogens with two attached hydrogens (primary N) is 1. The molecule has 1 amide bonds. The highest BCUT2D eigenvalue weighted by Crippen LogP contribution is 2.25. The zero-order chi connectivity index (χ0) is 17.7. The van der Waals surface area contributed by atoms with Gasteiger partial charge in [0, 0.05) is 31.9 Å². The largest absolute Gasteiger partial charge is 0.450 e. The molecule has 9 heteroatoms. The van der Waals surface area contributed by atoms with Gasteiger partial charge in [0.25, 0.3) is 0 Å². The number of aromatic nitrogens is 1. The van der Waals surface area contributed by atoms with Crippen molar-refractivity contribution in [2.24, 2.45) is 17.8 Å². The van der Waals surface area contributed by atoms with E-state index in [0.717, 1.165) is 18.5 Å². The molecule has 0 aromatic carbocycles. The topological polar surface area (TPSA) is 84.9 Å². The third-order valence-corrected chi connectivity index (χ3v) is 4.84. The Hall–Kier alpha value is -1.60. The quantitative estimate of drug-likeness (QED) is 0.624. The van der Waals surface area contributed by atoms with Crippen LogP contribution in [0, 0.1) is 0 Å². The van der Waals surface area contributed by atoms with E-state index < -0.39 is 0 Å². The van der Waals surface area contributed by atoms with Crippen LogP contribution in [0.2, 0.25) is 10.2 Å². The van der Waals surface area contributed by atoms with E-state index >= 15 is 0 Å². The number of hydrogen-bond donors (Lipinski definition) is 2. The third-order valence-electron chi connectivity index (χ3n) is 4.00. The van der Waals surface area contributed by atoms with Gasteiger partial charge in [0.2, 0.25) is 0 Å². The summed E-state index contributed by atoms with van der Waals surface area (Å²) in [6.07, 6.45) is 1.35. The lowest BCUT2D eigenvalue weighted by atomic mass is 10.1. The third kappa shape index (κ3) is 4.70. The second kappa shape index (κ2) is 8.48. The Morgan fingerprint density at radius 1 is 1.46 bits per heavy atom. The van der Waals surface area contributed by atoms with Gasteiger partial charge in [-0.2, -0.15) is 0 Å². The molecule has 0 aliphatic carbocycles. The molecule has 1 aliphatic rings. The van der Waals surface area contributed by atoms with E-state index in [1.165, 1.54) is 0 Å². The second-order valence-electron chi connectivity index (χ2n) is 5.64. The van der Waals surface area contributed by atoms with E-state index in [1.807, 2.05) is 7.05 Å². The van der Waals surface area contributed by atoms with Crippen LogP contribution in [0.1, 0.15) is 25.5 Å². The number of likely N-dealkylation sites (tertiary alicyclic amines) is 1. The lowest BCUT2D eigenvalue weighted by Gasteiger charge is -2.31. The maximum atomic E-state index is 11.7. The van der Waals surface area contributed by atoms with Crippen LogP contribution in [0.4, 0.5) is 4.79 Å². The van der Waals surface area contributed by atoms with Crippen LogP contribution >= 0.6 is 23.2 Å². The number of nitrogens with zero attached hydrogens (tertiary/aromatic N) is 3. The van der Waals surface area contributed by atoms with Crippen molar-refractivity contribution in [1.82, 2.24) is 14.8 Å². The Balaban J connectivity index is 1.81. The van der Waals surface area contributed by atoms with Gasteiger partial charge in [-0.15, -0.1) is 0 Å². The smallest absolute Gasteiger partial charge is 0.409 e. The SMILES string of the molecule is CCOC(=O)N1CCC(NC(N)=NCc2cc(Cl)c(Cl)n2C)CC1. The van der Waals surface area contributed by atoms with Crippen LogP contribution in [-0.2, 0) is 18.3 Å². The van der Waals surface area contributed by atoms with E-state index in [1.54, 1.807) is 22.5 Å². The highest BCUT2D eigenvalue weighted by atomic mass is 35.5. The summed E-state index contributed by atoms with van der Waals surface area (Å²) in [5.74, 6) is 0.373. The number of halogens is 2. The summed E-state index contributed by atoms with van der Waals surface area (Å²) in [6.45, 7) is 3.88. The molecule has 1 aromatic rings. The molecule has 134 valence electrons. The van der Waals surface area contributed by atoms with Gasteiger partial charge in [-0.25, -0.2) is 9.79 Å². The Morgan fingerprint density at radius 2 is 2.12 bits per heavy atom. The van der Waals surface area contributed by atoms with Gasteiger partial charge in [-0.1, -0.05) is 23.2 Å². The summed E-state index contributed by atoms with van der Waals surface area (Å²) in [7, 11) is 1.83. The summed E-state index contributed by atoms with van der Waals surface area (Å²) < 4.78 is 6.78. The fraction of sp³-hybridized carbons (Fsp3) is 0.600. The molecule has 1 fully saturated rings. The van der Waals surface area contributed by atoms with Crippen LogP contribution in [0.25, 0.3) is 0 Å². The summed E-state index contributed by atoms with van der Waals surface area (Å²) in [4.78, 5) is 17.7. The van der Waals surface area contributed by atoms with Crippen LogP contribution < -0.4 is 11.1 Å². The van der Waals surface area contributed by atoms with E-state index in [-0.39, 0.29) is 12.1 Å². The molecule has 2 heterocycles. The molecular formula is C15H23Cl2N5O2. The van der Waals surface area contributed by atoms with Crippen LogP contribution in [0.15, 0.2) is 11.1 Å². The van der Waals surface area contributed by atoms with Crippen LogP contribution in [-0.4, -0.2) is 47.3 Å². The molecule has 0 radical (unpaired) electrons. The Bertz CT molecular complexity index is 609. The molecule has 3 N–H and O–H groups in total. The van der Waals surface area contributed by atoms with Crippen molar-refractivity contribution in [1.29, 1.82) is 0 Å². The predicted molar refractivity (Wildman–Crippen MR) is 95.5 cm³/mol. The minimum Gasteiger partial charge on any atom is -0.450 e. The number of hydrogen-bond acceptors (Lipinski definition) is 3. The predicted octanol–water partition coefficient (Wildman–Crippen LogP) is 2.36. The van der Waals surface area contributed by atoms with Crippen molar-refractivity contribution in [3.8, 4) is 0 Å². The van der Waals surface area contributed by atoms with E-state index in [0.29, 0.717) is 42.4 Å². The van der Waals surface area contributed by atoms with Crippen molar-refractivity contribution in [2.75, 3.05) is 19.7 Å². The van der Waals surface area contributed by atoms with Crippen molar-refractivity contribution in [3.05, 3.63) is 21.9 Å². The van der Waals surface area contributed by atoms with Gasteiger partial charge in [0.05, 0.1) is 18.2 Å². The first kappa shape index (κ1) is 18.7. The molecule has 1 aliphatic heterocycles. The number of rotatable bonds is 4. The maximum Gasteiger partial charge on any atom is 0.409 e. The van der Waals surface area contributed by atoms with Crippen molar-refractivity contribution in [2.45, 2.75) is 32.4 Å². The number of carbonyl (C=O) groups excluding carboxylic acids is 1. The molecule has 1 saturated heterocycles. The molecule has 24 heavy (non-hydrogen) atoms. The van der Waals surface area contributed by atoms with Crippen LogP contribution in [0.5, 0.6) is 0 Å². The van der Waals surface area contributed by atoms with E-state index in [4.69, 9.17) is 33.7 Å². The first-order valence-corrected chi connectivity index (χ1v) is 8.65. The van der Waals surface area contributed by atoms with Crippen molar-refractivity contribution >= 4 is 35.3 Å². The van der Waals surface area contributed by atoms with Crippen molar-refractivity contribution < 1.29 is 9.53 Å². The number of carbonyl (C=O) groups is 1. The summed E-state index contributed by atoms with van der Waals surface area (Å²) >= 11 is 12.0. The molecule has 2 rings (SSSR count). The highest BCUT2D eigenvalue weighted by molar-refractivity contribution is 6.41. The van der Waals surface area contributed by atoms with Gasteiger partial charge in [0.15, 0.2) is 5.96 Å². The lowest BCUT2D eigenvalue weighted by Crippen LogP contribution is -2.48. The second-order valence-corrected chi connectivity index (χ2v) is 6.40. The molecule has 1 aromatic heterocycles. The average Bonchev–Trinajstić information content (AvgIpc) is 2.81. The maximum absolute atomic E-state index is 11.7. The minimum absolute atomic E-state index is 0.194. The monoisotopic (exact) mass is 375 g/mol. The molecule has 0 saturated carbocycles.